The van der Waals surface area contributed by atoms with Gasteiger partial charge in [0.2, 0.25) is 11.8 Å². The summed E-state index contributed by atoms with van der Waals surface area (Å²) in [5, 5.41) is 19.2. The van der Waals surface area contributed by atoms with Crippen LogP contribution in [0.2, 0.25) is 0 Å². The van der Waals surface area contributed by atoms with E-state index >= 15 is 0 Å². The maximum absolute atomic E-state index is 12.3. The molecule has 0 aromatic carbocycles. The molecule has 1 aliphatic carbocycles. The Kier molecular flexibility index (Phi) is 11.2. The van der Waals surface area contributed by atoms with Crippen LogP contribution in [0.1, 0.15) is 32.1 Å². The van der Waals surface area contributed by atoms with E-state index in [1.807, 2.05) is 0 Å². The Labute approximate surface area is 176 Å². The minimum absolute atomic E-state index is 0. The summed E-state index contributed by atoms with van der Waals surface area (Å²) in [6.07, 6.45) is 3.20. The third-order valence-corrected chi connectivity index (χ3v) is 4.75. The van der Waals surface area contributed by atoms with Crippen LogP contribution >= 0.6 is 24.8 Å². The average Bonchev–Trinajstić information content (AvgIpc) is 3.42. The van der Waals surface area contributed by atoms with Crippen molar-refractivity contribution in [3.8, 4) is 0 Å². The molecule has 10 nitrogen and oxygen atoms in total. The highest BCUT2D eigenvalue weighted by molar-refractivity contribution is 5.90. The molecule has 2 atom stereocenters. The smallest absolute Gasteiger partial charge is 0.323 e. The van der Waals surface area contributed by atoms with E-state index in [9.17, 15) is 14.4 Å². The first-order chi connectivity index (χ1) is 12.3. The molecular weight excluding hydrogens is 411 g/mol. The summed E-state index contributed by atoms with van der Waals surface area (Å²) in [7, 11) is 0. The van der Waals surface area contributed by atoms with Crippen LogP contribution in [0.3, 0.4) is 0 Å². The number of guanidine groups is 1. The zero-order chi connectivity index (χ0) is 19.3. The number of nitrogens with two attached hydrogens (primary N) is 2. The molecule has 0 aromatic heterocycles. The molecular formula is C16H30Cl2N6O4. The molecule has 28 heavy (non-hydrogen) atoms. The molecule has 7 N–H and O–H groups in total. The molecule has 1 heterocycles. The second kappa shape index (κ2) is 11.9. The summed E-state index contributed by atoms with van der Waals surface area (Å²) in [4.78, 5) is 38.4. The molecule has 0 unspecified atom stereocenters. The summed E-state index contributed by atoms with van der Waals surface area (Å²) >= 11 is 0. The number of piperidine rings is 1. The summed E-state index contributed by atoms with van der Waals surface area (Å²) in [5.41, 5.74) is 11.3. The average molecular weight is 441 g/mol. The number of nitrogens with one attached hydrogen (secondary N) is 2. The number of rotatable bonds is 8. The fraction of sp³-hybridized carbons (Fsp3) is 0.750. The number of carbonyl (C=O) groups is 3. The van der Waals surface area contributed by atoms with Gasteiger partial charge in [0.25, 0.3) is 0 Å². The van der Waals surface area contributed by atoms with Crippen molar-refractivity contribution in [3.63, 3.8) is 0 Å². The van der Waals surface area contributed by atoms with Gasteiger partial charge in [0.15, 0.2) is 5.96 Å². The van der Waals surface area contributed by atoms with E-state index in [0.717, 1.165) is 32.2 Å². The number of halogens is 2. The quantitative estimate of drug-likeness (QED) is 0.246. The second-order valence-electron chi connectivity index (χ2n) is 7.05. The SMILES string of the molecule is Cl.Cl.N=C(N)N1CCC[C@@H](CNC(=O)C[C@H](N)C(=O)N(CC(=O)O)C2CC2)C1. The highest BCUT2D eigenvalue weighted by Crippen LogP contribution is 2.27. The number of aliphatic carboxylic acids is 1. The van der Waals surface area contributed by atoms with Gasteiger partial charge in [-0.2, -0.15) is 0 Å². The first-order valence-electron chi connectivity index (χ1n) is 8.91. The van der Waals surface area contributed by atoms with Crippen molar-refractivity contribution >= 4 is 48.6 Å². The van der Waals surface area contributed by atoms with Crippen LogP contribution in [-0.2, 0) is 14.4 Å². The lowest BCUT2D eigenvalue weighted by molar-refractivity contribution is -0.145. The van der Waals surface area contributed by atoms with Crippen LogP contribution in [0.5, 0.6) is 0 Å². The number of hydrogen-bond donors (Lipinski definition) is 5. The van der Waals surface area contributed by atoms with Gasteiger partial charge >= 0.3 is 5.97 Å². The van der Waals surface area contributed by atoms with Gasteiger partial charge in [-0.1, -0.05) is 0 Å². The van der Waals surface area contributed by atoms with Crippen molar-refractivity contribution in [1.29, 1.82) is 5.41 Å². The van der Waals surface area contributed by atoms with E-state index in [1.165, 1.54) is 4.90 Å². The van der Waals surface area contributed by atoms with Crippen molar-refractivity contribution < 1.29 is 19.5 Å². The minimum atomic E-state index is -1.09. The van der Waals surface area contributed by atoms with Crippen molar-refractivity contribution in [2.45, 2.75) is 44.2 Å². The van der Waals surface area contributed by atoms with Crippen molar-refractivity contribution in [2.24, 2.45) is 17.4 Å². The number of hydrogen-bond acceptors (Lipinski definition) is 5. The van der Waals surface area contributed by atoms with E-state index in [4.69, 9.17) is 22.0 Å². The van der Waals surface area contributed by atoms with E-state index in [1.54, 1.807) is 4.90 Å². The fourth-order valence-electron chi connectivity index (χ4n) is 3.20. The Morgan fingerprint density at radius 1 is 1.25 bits per heavy atom. The number of carbonyl (C=O) groups excluding carboxylic acids is 2. The van der Waals surface area contributed by atoms with Gasteiger partial charge in [0.05, 0.1) is 12.5 Å². The number of likely N-dealkylation sites (tertiary alicyclic amines) is 1. The molecule has 0 bridgehead atoms. The predicted octanol–water partition coefficient (Wildman–Crippen LogP) is -0.655. The second-order valence-corrected chi connectivity index (χ2v) is 7.05. The number of carboxylic acids is 1. The summed E-state index contributed by atoms with van der Waals surface area (Å²) in [5.74, 6) is -1.69. The molecule has 2 fully saturated rings. The monoisotopic (exact) mass is 440 g/mol. The van der Waals surface area contributed by atoms with E-state index in [2.05, 4.69) is 5.32 Å². The molecule has 162 valence electrons. The van der Waals surface area contributed by atoms with Gasteiger partial charge in [-0.3, -0.25) is 19.8 Å². The van der Waals surface area contributed by atoms with Crippen LogP contribution in [0.25, 0.3) is 0 Å². The van der Waals surface area contributed by atoms with Crippen molar-refractivity contribution in [1.82, 2.24) is 15.1 Å². The highest BCUT2D eigenvalue weighted by Gasteiger charge is 2.36. The maximum Gasteiger partial charge on any atom is 0.323 e. The predicted molar refractivity (Wildman–Crippen MR) is 109 cm³/mol. The first kappa shape index (κ1) is 26.2. The lowest BCUT2D eigenvalue weighted by atomic mass is 9.98. The normalized spacial score (nSPS) is 19.5. The molecule has 1 saturated carbocycles. The summed E-state index contributed by atoms with van der Waals surface area (Å²) in [6, 6.07) is -1.12. The molecule has 0 radical (unpaired) electrons. The van der Waals surface area contributed by atoms with Crippen LogP contribution in [0.15, 0.2) is 0 Å². The summed E-state index contributed by atoms with van der Waals surface area (Å²) in [6.45, 7) is 1.42. The Bertz CT molecular complexity index is 575. The Hall–Kier alpha value is -1.78. The minimum Gasteiger partial charge on any atom is -0.480 e. The van der Waals surface area contributed by atoms with Gasteiger partial charge < -0.3 is 31.7 Å². The van der Waals surface area contributed by atoms with E-state index < -0.39 is 17.9 Å². The number of nitrogens with zero attached hydrogens (tertiary/aromatic N) is 2. The third kappa shape index (κ3) is 8.07. The van der Waals surface area contributed by atoms with Crippen LogP contribution in [0.4, 0.5) is 0 Å². The molecule has 12 heteroatoms. The maximum atomic E-state index is 12.3. The molecule has 0 spiro atoms. The summed E-state index contributed by atoms with van der Waals surface area (Å²) < 4.78 is 0. The molecule has 2 amide bonds. The van der Waals surface area contributed by atoms with Gasteiger partial charge in [-0.25, -0.2) is 0 Å². The van der Waals surface area contributed by atoms with Gasteiger partial charge in [0, 0.05) is 25.7 Å². The molecule has 1 saturated heterocycles. The largest absolute Gasteiger partial charge is 0.480 e. The lowest BCUT2D eigenvalue weighted by Gasteiger charge is -2.33. The van der Waals surface area contributed by atoms with Gasteiger partial charge in [-0.15, -0.1) is 24.8 Å². The lowest BCUT2D eigenvalue weighted by Crippen LogP contribution is -2.49. The van der Waals surface area contributed by atoms with E-state index in [-0.39, 0.29) is 61.6 Å². The molecule has 1 aliphatic heterocycles. The van der Waals surface area contributed by atoms with Crippen molar-refractivity contribution in [2.75, 3.05) is 26.2 Å². The van der Waals surface area contributed by atoms with Gasteiger partial charge in [0.1, 0.15) is 6.54 Å². The van der Waals surface area contributed by atoms with Crippen LogP contribution in [0, 0.1) is 11.3 Å². The first-order valence-corrected chi connectivity index (χ1v) is 8.91. The number of amides is 2. The standard InChI is InChI=1S/C16H28N6O4.2ClH/c17-12(15(26)22(9-14(24)25)11-3-4-11)6-13(23)20-7-10-2-1-5-21(8-10)16(18)19;;/h10-12H,1-9,17H2,(H3,18,19)(H,20,23)(H,24,25);2*1H/t10-,12-;;/m0../s1. The zero-order valence-corrected chi connectivity index (χ0v) is 17.3. The zero-order valence-electron chi connectivity index (χ0n) is 15.6. The number of carboxylic acid groups (broad SMARTS) is 1. The van der Waals surface area contributed by atoms with Crippen LogP contribution < -0.4 is 16.8 Å². The van der Waals surface area contributed by atoms with Crippen molar-refractivity contribution in [3.05, 3.63) is 0 Å². The highest BCUT2D eigenvalue weighted by atomic mass is 35.5. The Morgan fingerprint density at radius 3 is 2.43 bits per heavy atom. The fourth-order valence-corrected chi connectivity index (χ4v) is 3.20. The van der Waals surface area contributed by atoms with Crippen LogP contribution in [-0.4, -0.2) is 76.9 Å². The molecule has 0 aromatic rings. The topological polar surface area (TPSA) is 166 Å². The third-order valence-electron chi connectivity index (χ3n) is 4.75. The van der Waals surface area contributed by atoms with Gasteiger partial charge in [-0.05, 0) is 31.6 Å². The molecule has 2 rings (SSSR count). The Morgan fingerprint density at radius 2 is 1.89 bits per heavy atom. The molecule has 2 aliphatic rings. The Balaban J connectivity index is 0.00000364. The van der Waals surface area contributed by atoms with E-state index in [0.29, 0.717) is 13.1 Å².